The standard InChI is InChI=1S/C16H20/c1-8-2-5-11-12-7-13(14(8)11)16-10-4-3-9(6-10)15(12)16/h2-4,9-16H,5-7H2,1H3. The van der Waals surface area contributed by atoms with Crippen molar-refractivity contribution in [3.8, 4) is 0 Å². The van der Waals surface area contributed by atoms with E-state index in [9.17, 15) is 0 Å². The van der Waals surface area contributed by atoms with Gasteiger partial charge in [0.1, 0.15) is 0 Å². The van der Waals surface area contributed by atoms with Crippen LogP contribution in [0.1, 0.15) is 26.2 Å². The number of fused-ring (bicyclic) bond motifs is 12. The first-order chi connectivity index (χ1) is 7.84. The van der Waals surface area contributed by atoms with Crippen LogP contribution in [0.4, 0.5) is 0 Å². The smallest absolute Gasteiger partial charge is 0.0141 e. The molecule has 3 saturated carbocycles. The van der Waals surface area contributed by atoms with Crippen LogP contribution in [0.15, 0.2) is 23.8 Å². The van der Waals surface area contributed by atoms with Gasteiger partial charge in [-0.1, -0.05) is 23.8 Å². The summed E-state index contributed by atoms with van der Waals surface area (Å²) in [5, 5.41) is 0. The van der Waals surface area contributed by atoms with Crippen LogP contribution in [0.5, 0.6) is 0 Å². The molecule has 0 amide bonds. The maximum Gasteiger partial charge on any atom is -0.0141 e. The van der Waals surface area contributed by atoms with E-state index < -0.39 is 0 Å². The van der Waals surface area contributed by atoms with Crippen LogP contribution in [-0.4, -0.2) is 0 Å². The third kappa shape index (κ3) is 0.734. The largest absolute Gasteiger partial charge is 0.0850 e. The highest BCUT2D eigenvalue weighted by atomic mass is 14.7. The van der Waals surface area contributed by atoms with Crippen LogP contribution >= 0.6 is 0 Å². The minimum Gasteiger partial charge on any atom is -0.0850 e. The summed E-state index contributed by atoms with van der Waals surface area (Å²) >= 11 is 0. The highest BCUT2D eigenvalue weighted by molar-refractivity contribution is 5.28. The molecule has 16 heavy (non-hydrogen) atoms. The van der Waals surface area contributed by atoms with E-state index in [-0.39, 0.29) is 0 Å². The van der Waals surface area contributed by atoms with E-state index in [1.807, 2.05) is 0 Å². The Morgan fingerprint density at radius 1 is 0.938 bits per heavy atom. The topological polar surface area (TPSA) is 0 Å². The van der Waals surface area contributed by atoms with Crippen molar-refractivity contribution in [2.75, 3.05) is 0 Å². The van der Waals surface area contributed by atoms with Gasteiger partial charge >= 0.3 is 0 Å². The van der Waals surface area contributed by atoms with Crippen molar-refractivity contribution in [1.29, 1.82) is 0 Å². The number of hydrogen-bond acceptors (Lipinski definition) is 0. The molecule has 0 N–H and O–H groups in total. The molecule has 0 aliphatic heterocycles. The molecule has 0 saturated heterocycles. The predicted octanol–water partition coefficient (Wildman–Crippen LogP) is 3.66. The fourth-order valence-electron chi connectivity index (χ4n) is 6.62. The van der Waals surface area contributed by atoms with Crippen molar-refractivity contribution in [1.82, 2.24) is 0 Å². The molecule has 0 nitrogen and oxygen atoms in total. The number of rotatable bonds is 0. The minimum absolute atomic E-state index is 0.986. The second kappa shape index (κ2) is 2.49. The zero-order valence-corrected chi connectivity index (χ0v) is 9.97. The zero-order valence-electron chi connectivity index (χ0n) is 9.97. The Morgan fingerprint density at radius 2 is 1.69 bits per heavy atom. The maximum atomic E-state index is 2.57. The van der Waals surface area contributed by atoms with Gasteiger partial charge in [-0.3, -0.25) is 0 Å². The van der Waals surface area contributed by atoms with Gasteiger partial charge in [0.15, 0.2) is 0 Å². The molecule has 3 fully saturated rings. The summed E-state index contributed by atoms with van der Waals surface area (Å²) in [5.41, 5.74) is 1.75. The summed E-state index contributed by atoms with van der Waals surface area (Å²) in [5.74, 6) is 8.46. The van der Waals surface area contributed by atoms with E-state index in [0.29, 0.717) is 0 Å². The van der Waals surface area contributed by atoms with Crippen LogP contribution in [0.25, 0.3) is 0 Å². The van der Waals surface area contributed by atoms with Gasteiger partial charge in [-0.25, -0.2) is 0 Å². The lowest BCUT2D eigenvalue weighted by Crippen LogP contribution is -2.35. The Morgan fingerprint density at radius 3 is 2.50 bits per heavy atom. The number of allylic oxidation sites excluding steroid dienone is 4. The third-order valence-electron chi connectivity index (χ3n) is 6.83. The fourth-order valence-corrected chi connectivity index (χ4v) is 6.62. The molecule has 0 radical (unpaired) electrons. The Labute approximate surface area is 97.8 Å². The van der Waals surface area contributed by atoms with Gasteiger partial charge in [-0.2, -0.15) is 0 Å². The average molecular weight is 212 g/mol. The Hall–Kier alpha value is -0.520. The van der Waals surface area contributed by atoms with Crippen molar-refractivity contribution < 1.29 is 0 Å². The van der Waals surface area contributed by atoms with Gasteiger partial charge in [-0.05, 0) is 73.5 Å². The lowest BCUT2D eigenvalue weighted by atomic mass is 9.65. The van der Waals surface area contributed by atoms with Gasteiger partial charge in [0, 0.05) is 0 Å². The molecule has 0 spiro atoms. The minimum atomic E-state index is 0.986. The summed E-state index contributed by atoms with van der Waals surface area (Å²) in [6.45, 7) is 2.41. The molecule has 5 rings (SSSR count). The molecule has 0 aromatic carbocycles. The van der Waals surface area contributed by atoms with Gasteiger partial charge in [-0.15, -0.1) is 0 Å². The van der Waals surface area contributed by atoms with Crippen LogP contribution in [-0.2, 0) is 0 Å². The Balaban J connectivity index is 1.62. The maximum absolute atomic E-state index is 2.57. The molecule has 84 valence electrons. The molecule has 4 bridgehead atoms. The molecular weight excluding hydrogens is 192 g/mol. The molecule has 0 aromatic heterocycles. The lowest BCUT2D eigenvalue weighted by Gasteiger charge is -2.40. The van der Waals surface area contributed by atoms with Crippen LogP contribution in [0.2, 0.25) is 0 Å². The van der Waals surface area contributed by atoms with Gasteiger partial charge in [0.05, 0.1) is 0 Å². The van der Waals surface area contributed by atoms with Crippen molar-refractivity contribution in [2.24, 2.45) is 47.3 Å². The monoisotopic (exact) mass is 212 g/mol. The second-order valence-electron chi connectivity index (χ2n) is 7.04. The normalized spacial score (nSPS) is 63.9. The van der Waals surface area contributed by atoms with Crippen molar-refractivity contribution in [3.05, 3.63) is 23.8 Å². The Bertz CT molecular complexity index is 416. The first-order valence-electron chi connectivity index (χ1n) is 7.19. The molecule has 0 heteroatoms. The van der Waals surface area contributed by atoms with Gasteiger partial charge in [0.25, 0.3) is 0 Å². The van der Waals surface area contributed by atoms with Crippen LogP contribution in [0, 0.1) is 47.3 Å². The molecule has 0 heterocycles. The van der Waals surface area contributed by atoms with E-state index in [2.05, 4.69) is 25.2 Å². The summed E-state index contributed by atoms with van der Waals surface area (Å²) in [6, 6.07) is 0. The summed E-state index contributed by atoms with van der Waals surface area (Å²) in [4.78, 5) is 0. The molecule has 8 unspecified atom stereocenters. The SMILES string of the molecule is CC1=CCC2C3CC(C12)C1C2C=CC(C2)C31. The Kier molecular flexibility index (Phi) is 1.33. The zero-order chi connectivity index (χ0) is 10.4. The van der Waals surface area contributed by atoms with E-state index in [4.69, 9.17) is 0 Å². The van der Waals surface area contributed by atoms with Gasteiger partial charge in [0.2, 0.25) is 0 Å². The third-order valence-corrected chi connectivity index (χ3v) is 6.83. The quantitative estimate of drug-likeness (QED) is 0.424. The highest BCUT2D eigenvalue weighted by Gasteiger charge is 2.64. The van der Waals surface area contributed by atoms with Crippen molar-refractivity contribution >= 4 is 0 Å². The summed E-state index contributed by atoms with van der Waals surface area (Å²) in [7, 11) is 0. The molecule has 8 atom stereocenters. The van der Waals surface area contributed by atoms with E-state index in [1.54, 1.807) is 12.0 Å². The predicted molar refractivity (Wildman–Crippen MR) is 64.7 cm³/mol. The first-order valence-corrected chi connectivity index (χ1v) is 7.19. The van der Waals surface area contributed by atoms with E-state index in [0.717, 1.165) is 47.3 Å². The average Bonchev–Trinajstić information content (AvgIpc) is 2.99. The molecule has 0 aromatic rings. The summed E-state index contributed by atoms with van der Waals surface area (Å²) < 4.78 is 0. The fraction of sp³-hybridized carbons (Fsp3) is 0.750. The lowest BCUT2D eigenvalue weighted by molar-refractivity contribution is 0.117. The second-order valence-corrected chi connectivity index (χ2v) is 7.04. The first kappa shape index (κ1) is 8.55. The molecular formula is C16H20. The molecule has 5 aliphatic rings. The van der Waals surface area contributed by atoms with Crippen molar-refractivity contribution in [3.63, 3.8) is 0 Å². The van der Waals surface area contributed by atoms with Gasteiger partial charge < -0.3 is 0 Å². The number of hydrogen-bond donors (Lipinski definition) is 0. The van der Waals surface area contributed by atoms with Crippen LogP contribution < -0.4 is 0 Å². The summed E-state index contributed by atoms with van der Waals surface area (Å²) in [6.07, 6.45) is 12.2. The van der Waals surface area contributed by atoms with Crippen LogP contribution in [0.3, 0.4) is 0 Å². The highest BCUT2D eigenvalue weighted by Crippen LogP contribution is 2.71. The molecule has 5 aliphatic carbocycles. The van der Waals surface area contributed by atoms with E-state index >= 15 is 0 Å². The van der Waals surface area contributed by atoms with Crippen molar-refractivity contribution in [2.45, 2.75) is 26.2 Å². The van der Waals surface area contributed by atoms with E-state index in [1.165, 1.54) is 12.8 Å².